The summed E-state index contributed by atoms with van der Waals surface area (Å²) in [6.45, 7) is 0. The molecule has 0 spiro atoms. The first-order chi connectivity index (χ1) is 16.1. The van der Waals surface area contributed by atoms with Gasteiger partial charge in [-0.05, 0) is 57.4 Å². The van der Waals surface area contributed by atoms with E-state index in [1.807, 2.05) is 0 Å². The van der Waals surface area contributed by atoms with Crippen LogP contribution in [0.5, 0.6) is 5.75 Å². The summed E-state index contributed by atoms with van der Waals surface area (Å²) >= 11 is 7.20. The number of methoxy groups -OCH3 is 1. The fourth-order valence-corrected chi connectivity index (χ4v) is 3.94. The Hall–Kier alpha value is -2.32. The lowest BCUT2D eigenvalue weighted by Crippen LogP contribution is -2.49. The first kappa shape index (κ1) is 28.9. The van der Waals surface area contributed by atoms with Crippen LogP contribution in [-0.2, 0) is 16.9 Å². The number of para-hydroxylation sites is 1. The van der Waals surface area contributed by atoms with Crippen LogP contribution in [0.4, 0.5) is 46.5 Å². The van der Waals surface area contributed by atoms with Crippen LogP contribution in [0, 0.1) is 0 Å². The maximum atomic E-state index is 14.8. The largest absolute Gasteiger partial charge is 0.494 e. The van der Waals surface area contributed by atoms with Gasteiger partial charge in [0.05, 0.1) is 25.5 Å². The third kappa shape index (κ3) is 5.92. The number of amides is 1. The number of ether oxygens (including phenoxy) is 1. The van der Waals surface area contributed by atoms with E-state index in [0.717, 1.165) is 0 Å². The Labute approximate surface area is 206 Å². The van der Waals surface area contributed by atoms with E-state index in [9.17, 15) is 39.9 Å². The summed E-state index contributed by atoms with van der Waals surface area (Å²) in [7, 11) is 2.49. The fraction of sp³-hybridized carbons (Fsp3) is 0.350. The van der Waals surface area contributed by atoms with E-state index in [0.29, 0.717) is 0 Å². The molecule has 0 aromatic heterocycles. The molecule has 0 bridgehead atoms. The lowest BCUT2D eigenvalue weighted by Gasteiger charge is -2.32. The number of carbonyl (C=O) groups excluding carboxylic acids is 1. The molecule has 0 saturated heterocycles. The summed E-state index contributed by atoms with van der Waals surface area (Å²) in [5.74, 6) is -1.02. The molecule has 2 aromatic carbocycles. The zero-order valence-electron chi connectivity index (χ0n) is 17.7. The number of hydrogen-bond donors (Lipinski definition) is 2. The molecule has 15 heteroatoms. The Bertz CT molecular complexity index is 1070. The molecule has 0 fully saturated rings. The van der Waals surface area contributed by atoms with Crippen LogP contribution in [0.2, 0.25) is 0 Å². The molecule has 1 amide bonds. The Morgan fingerprint density at radius 1 is 1.11 bits per heavy atom. The van der Waals surface area contributed by atoms with Crippen molar-refractivity contribution in [2.75, 3.05) is 25.0 Å². The number of carbonyl (C=O) groups is 1. The summed E-state index contributed by atoms with van der Waals surface area (Å²) in [6, 6.07) is 4.57. The third-order valence-electron chi connectivity index (χ3n) is 4.64. The second-order valence-corrected chi connectivity index (χ2v) is 8.22. The second-order valence-electron chi connectivity index (χ2n) is 6.89. The maximum Gasteiger partial charge on any atom is 0.434 e. The molecular formula is C20H16BrClF8N2O3. The van der Waals surface area contributed by atoms with Crippen molar-refractivity contribution in [2.45, 2.75) is 30.1 Å². The molecule has 1 atom stereocenters. The minimum atomic E-state index is -6.22. The van der Waals surface area contributed by atoms with Gasteiger partial charge in [-0.25, -0.2) is 13.2 Å². The Balaban J connectivity index is 2.65. The SMILES string of the molecule is CONc1cccc(C(=O)Nc2c(Br)cc(C(F)(C(F)(F)F)C(F)(F)Cl)cc2CC(F)F)c1OC. The van der Waals surface area contributed by atoms with Crippen molar-refractivity contribution in [1.82, 2.24) is 0 Å². The summed E-state index contributed by atoms with van der Waals surface area (Å²) in [5.41, 5.74) is -5.96. The van der Waals surface area contributed by atoms with Crippen LogP contribution in [0.1, 0.15) is 21.5 Å². The highest BCUT2D eigenvalue weighted by Crippen LogP contribution is 2.55. The van der Waals surface area contributed by atoms with Crippen molar-refractivity contribution in [3.63, 3.8) is 0 Å². The molecule has 194 valence electrons. The second kappa shape index (κ2) is 10.7. The highest BCUT2D eigenvalue weighted by Gasteiger charge is 2.72. The van der Waals surface area contributed by atoms with Gasteiger partial charge in [0.15, 0.2) is 5.75 Å². The number of halogens is 10. The number of rotatable bonds is 9. The van der Waals surface area contributed by atoms with Crippen LogP contribution in [0.25, 0.3) is 0 Å². The number of benzene rings is 2. The van der Waals surface area contributed by atoms with Gasteiger partial charge in [0, 0.05) is 16.5 Å². The average Bonchev–Trinajstić information content (AvgIpc) is 2.73. The molecule has 0 radical (unpaired) electrons. The van der Waals surface area contributed by atoms with Gasteiger partial charge < -0.3 is 10.1 Å². The van der Waals surface area contributed by atoms with Gasteiger partial charge in [0.25, 0.3) is 5.91 Å². The van der Waals surface area contributed by atoms with Gasteiger partial charge in [-0.15, -0.1) is 0 Å². The zero-order chi connectivity index (χ0) is 26.8. The molecule has 5 nitrogen and oxygen atoms in total. The van der Waals surface area contributed by atoms with E-state index >= 15 is 0 Å². The first-order valence-corrected chi connectivity index (χ1v) is 10.5. The van der Waals surface area contributed by atoms with E-state index in [1.54, 1.807) is 0 Å². The highest BCUT2D eigenvalue weighted by atomic mass is 79.9. The number of alkyl halides is 9. The van der Waals surface area contributed by atoms with Gasteiger partial charge >= 0.3 is 17.2 Å². The van der Waals surface area contributed by atoms with Crippen molar-refractivity contribution in [1.29, 1.82) is 0 Å². The summed E-state index contributed by atoms with van der Waals surface area (Å²) < 4.78 is 113. The zero-order valence-corrected chi connectivity index (χ0v) is 20.0. The van der Waals surface area contributed by atoms with Crippen molar-refractivity contribution in [2.24, 2.45) is 0 Å². The Morgan fingerprint density at radius 2 is 1.74 bits per heavy atom. The van der Waals surface area contributed by atoms with Crippen molar-refractivity contribution < 1.29 is 49.5 Å². The predicted molar refractivity (Wildman–Crippen MR) is 115 cm³/mol. The topological polar surface area (TPSA) is 59.6 Å². The van der Waals surface area contributed by atoms with Gasteiger partial charge in [0.1, 0.15) is 5.69 Å². The van der Waals surface area contributed by atoms with E-state index in [1.165, 1.54) is 32.4 Å². The van der Waals surface area contributed by atoms with E-state index < -0.39 is 57.3 Å². The van der Waals surface area contributed by atoms with Crippen molar-refractivity contribution in [3.8, 4) is 5.75 Å². The Kier molecular flexibility index (Phi) is 8.88. The van der Waals surface area contributed by atoms with E-state index in [-0.39, 0.29) is 29.1 Å². The van der Waals surface area contributed by atoms with Crippen LogP contribution >= 0.6 is 27.5 Å². The number of nitrogens with one attached hydrogen (secondary N) is 2. The Morgan fingerprint density at radius 3 is 2.23 bits per heavy atom. The van der Waals surface area contributed by atoms with Gasteiger partial charge in [-0.2, -0.15) is 22.0 Å². The summed E-state index contributed by atoms with van der Waals surface area (Å²) in [4.78, 5) is 17.6. The summed E-state index contributed by atoms with van der Waals surface area (Å²) in [6.07, 6.45) is -10.7. The van der Waals surface area contributed by atoms with E-state index in [4.69, 9.17) is 9.57 Å². The number of anilines is 2. The quantitative estimate of drug-likeness (QED) is 0.184. The normalized spacial score (nSPS) is 14.0. The third-order valence-corrected chi connectivity index (χ3v) is 5.53. The van der Waals surface area contributed by atoms with Crippen molar-refractivity contribution >= 4 is 44.8 Å². The van der Waals surface area contributed by atoms with Crippen LogP contribution in [0.15, 0.2) is 34.8 Å². The minimum Gasteiger partial charge on any atom is -0.494 e. The monoisotopic (exact) mass is 598 g/mol. The molecule has 35 heavy (non-hydrogen) atoms. The highest BCUT2D eigenvalue weighted by molar-refractivity contribution is 9.10. The lowest BCUT2D eigenvalue weighted by molar-refractivity contribution is -0.286. The molecule has 0 saturated carbocycles. The van der Waals surface area contributed by atoms with Crippen LogP contribution in [0.3, 0.4) is 0 Å². The average molecular weight is 600 g/mol. The smallest absolute Gasteiger partial charge is 0.434 e. The first-order valence-electron chi connectivity index (χ1n) is 9.29. The standard InChI is InChI=1S/C20H16BrClF8N2O3/c1-34-16-11(4-3-5-13(16)32-35-2)17(33)31-15-9(7-14(23)24)6-10(8-12(15)21)18(25,19(22,26)27)20(28,29)30/h3-6,8,14,32H,7H2,1-2H3,(H,31,33). The predicted octanol–water partition coefficient (Wildman–Crippen LogP) is 7.05. The fourth-order valence-electron chi connectivity index (χ4n) is 3.12. The molecule has 0 heterocycles. The molecule has 2 aromatic rings. The van der Waals surface area contributed by atoms with Crippen LogP contribution < -0.4 is 15.5 Å². The molecule has 0 aliphatic carbocycles. The molecule has 1 unspecified atom stereocenters. The van der Waals surface area contributed by atoms with Crippen molar-refractivity contribution in [3.05, 3.63) is 51.5 Å². The van der Waals surface area contributed by atoms with Gasteiger partial charge in [0.2, 0.25) is 6.43 Å². The molecular weight excluding hydrogens is 584 g/mol. The van der Waals surface area contributed by atoms with Gasteiger partial charge in [-0.3, -0.25) is 15.1 Å². The molecule has 0 aliphatic rings. The van der Waals surface area contributed by atoms with E-state index in [2.05, 4.69) is 38.3 Å². The van der Waals surface area contributed by atoms with Gasteiger partial charge in [-0.1, -0.05) is 6.07 Å². The molecule has 0 aliphatic heterocycles. The maximum absolute atomic E-state index is 14.8. The molecule has 2 N–H and O–H groups in total. The summed E-state index contributed by atoms with van der Waals surface area (Å²) in [5, 5.41) is -3.28. The lowest BCUT2D eigenvalue weighted by atomic mass is 9.92. The van der Waals surface area contributed by atoms with Crippen LogP contribution in [-0.4, -0.2) is 38.1 Å². The minimum absolute atomic E-state index is 0.0448. The number of hydrogen-bond acceptors (Lipinski definition) is 4. The molecule has 2 rings (SSSR count).